The number of nitrogens with one attached hydrogen (secondary N) is 1. The number of halogens is 2. The van der Waals surface area contributed by atoms with E-state index in [2.05, 4.69) is 28.3 Å². The van der Waals surface area contributed by atoms with Crippen molar-refractivity contribution < 1.29 is 19.1 Å². The number of thioether (sulfide) groups is 1. The molecule has 1 heterocycles. The first-order valence-electron chi connectivity index (χ1n) is 10.7. The molecule has 1 saturated heterocycles. The van der Waals surface area contributed by atoms with Crippen LogP contribution >= 0.6 is 51.5 Å². The van der Waals surface area contributed by atoms with E-state index in [1.165, 1.54) is 12.5 Å². The molecule has 1 N–H and O–H groups in total. The van der Waals surface area contributed by atoms with E-state index in [0.29, 0.717) is 33.6 Å². The lowest BCUT2D eigenvalue weighted by Gasteiger charge is -2.15. The lowest BCUT2D eigenvalue weighted by atomic mass is 10.1. The molecule has 0 spiro atoms. The summed E-state index contributed by atoms with van der Waals surface area (Å²) in [4.78, 5) is 25.8. The first kappa shape index (κ1) is 26.5. The summed E-state index contributed by atoms with van der Waals surface area (Å²) in [6, 6.07) is 10.1. The molecule has 2 aromatic rings. The van der Waals surface area contributed by atoms with E-state index in [9.17, 15) is 9.59 Å². The number of hydrazine groups is 1. The minimum absolute atomic E-state index is 0.227. The summed E-state index contributed by atoms with van der Waals surface area (Å²) in [5, 5.41) is 1.49. The Bertz CT molecular complexity index is 1130. The van der Waals surface area contributed by atoms with E-state index in [1.54, 1.807) is 37.5 Å². The zero-order valence-electron chi connectivity index (χ0n) is 18.7. The summed E-state index contributed by atoms with van der Waals surface area (Å²) in [5.74, 6) is 0.278. The highest BCUT2D eigenvalue weighted by atomic mass is 79.9. The second-order valence-electron chi connectivity index (χ2n) is 7.41. The van der Waals surface area contributed by atoms with Crippen molar-refractivity contribution >= 4 is 73.7 Å². The lowest BCUT2D eigenvalue weighted by molar-refractivity contribution is -0.123. The Kier molecular flexibility index (Phi) is 9.82. The molecule has 2 amide bonds. The minimum atomic E-state index is -0.482. The fourth-order valence-electron chi connectivity index (χ4n) is 3.18. The number of rotatable bonds is 10. The van der Waals surface area contributed by atoms with Gasteiger partial charge in [-0.25, -0.2) is 0 Å². The average molecular weight is 584 g/mol. The molecule has 0 atom stereocenters. The molecule has 1 fully saturated rings. The summed E-state index contributed by atoms with van der Waals surface area (Å²) in [6.45, 7) is 2.76. The van der Waals surface area contributed by atoms with Gasteiger partial charge in [-0.2, -0.15) is 5.01 Å². The van der Waals surface area contributed by atoms with Gasteiger partial charge < -0.3 is 9.47 Å². The van der Waals surface area contributed by atoms with Gasteiger partial charge in [-0.15, -0.1) is 0 Å². The van der Waals surface area contributed by atoms with Crippen LogP contribution in [0.1, 0.15) is 48.5 Å². The first-order valence-corrected chi connectivity index (χ1v) is 13.1. The van der Waals surface area contributed by atoms with Gasteiger partial charge in [0.15, 0.2) is 15.8 Å². The molecule has 2 aromatic carbocycles. The number of nitrogens with zero attached hydrogens (tertiary/aromatic N) is 1. The van der Waals surface area contributed by atoms with Crippen molar-refractivity contribution in [1.82, 2.24) is 10.4 Å². The summed E-state index contributed by atoms with van der Waals surface area (Å²) in [6.07, 6.45) is 6.12. The largest absolute Gasteiger partial charge is 0.493 e. The maximum atomic E-state index is 12.9. The van der Waals surface area contributed by atoms with E-state index < -0.39 is 11.8 Å². The predicted molar refractivity (Wildman–Crippen MR) is 144 cm³/mol. The Morgan fingerprint density at radius 3 is 2.76 bits per heavy atom. The number of hydrogen-bond acceptors (Lipinski definition) is 6. The van der Waals surface area contributed by atoms with E-state index in [-0.39, 0.29) is 4.32 Å². The van der Waals surface area contributed by atoms with Crippen LogP contribution in [0.2, 0.25) is 5.02 Å². The fraction of sp³-hybridized carbons (Fsp3) is 0.292. The molecular formula is C24H24BrClN2O4S2. The van der Waals surface area contributed by atoms with Crippen LogP contribution in [0.3, 0.4) is 0 Å². The number of thiocarbonyl (C=S) groups is 1. The van der Waals surface area contributed by atoms with E-state index >= 15 is 0 Å². The normalized spacial score (nSPS) is 14.6. The second-order valence-corrected chi connectivity index (χ2v) is 10.4. The maximum Gasteiger partial charge on any atom is 0.285 e. The van der Waals surface area contributed by atoms with E-state index in [4.69, 9.17) is 33.3 Å². The Balaban J connectivity index is 1.73. The highest BCUT2D eigenvalue weighted by Crippen LogP contribution is 2.39. The van der Waals surface area contributed by atoms with Crippen molar-refractivity contribution in [2.24, 2.45) is 0 Å². The Morgan fingerprint density at radius 2 is 2.06 bits per heavy atom. The number of hydrogen-bond donors (Lipinski definition) is 1. The van der Waals surface area contributed by atoms with Crippen molar-refractivity contribution in [1.29, 1.82) is 0 Å². The third-order valence-electron chi connectivity index (χ3n) is 4.89. The quantitative estimate of drug-likeness (QED) is 0.193. The van der Waals surface area contributed by atoms with E-state index in [0.717, 1.165) is 46.1 Å². The third-order valence-corrected chi connectivity index (χ3v) is 7.01. The molecule has 0 aromatic heterocycles. The monoisotopic (exact) mass is 582 g/mol. The molecule has 0 aliphatic carbocycles. The number of benzene rings is 2. The maximum absolute atomic E-state index is 12.9. The Hall–Kier alpha value is -2.07. The van der Waals surface area contributed by atoms with Gasteiger partial charge in [0.1, 0.15) is 0 Å². The molecular weight excluding hydrogens is 560 g/mol. The summed E-state index contributed by atoms with van der Waals surface area (Å²) in [5.41, 5.74) is 3.60. The highest BCUT2D eigenvalue weighted by molar-refractivity contribution is 9.10. The molecule has 0 bridgehead atoms. The van der Waals surface area contributed by atoms with Gasteiger partial charge >= 0.3 is 0 Å². The number of ether oxygens (including phenoxy) is 2. The highest BCUT2D eigenvalue weighted by Gasteiger charge is 2.34. The smallest absolute Gasteiger partial charge is 0.285 e. The van der Waals surface area contributed by atoms with Crippen molar-refractivity contribution in [2.75, 3.05) is 13.7 Å². The molecule has 0 radical (unpaired) electrons. The van der Waals surface area contributed by atoms with Crippen LogP contribution in [0.25, 0.3) is 6.08 Å². The molecule has 6 nitrogen and oxygen atoms in total. The van der Waals surface area contributed by atoms with Crippen molar-refractivity contribution in [3.8, 4) is 11.5 Å². The lowest BCUT2D eigenvalue weighted by Crippen LogP contribution is -2.44. The summed E-state index contributed by atoms with van der Waals surface area (Å²) < 4.78 is 12.4. The molecule has 1 aliphatic heterocycles. The molecule has 0 saturated carbocycles. The van der Waals surface area contributed by atoms with Gasteiger partial charge in [-0.05, 0) is 76.5 Å². The number of amides is 2. The van der Waals surface area contributed by atoms with Crippen LogP contribution < -0.4 is 14.9 Å². The van der Waals surface area contributed by atoms with E-state index in [1.807, 2.05) is 6.07 Å². The molecule has 3 rings (SSSR count). The van der Waals surface area contributed by atoms with Crippen LogP contribution in [0.5, 0.6) is 11.5 Å². The Morgan fingerprint density at radius 1 is 1.26 bits per heavy atom. The standard InChI is InChI=1S/C24H24BrClN2O4S2/c1-3-4-5-6-10-32-21-18(25)11-15(12-19(21)31-2)13-20-23(30)28(24(33)34-20)27-22(29)16-8-7-9-17(26)14-16/h7-9,11-14H,3-6,10H2,1-2H3,(H,27,29)/b20-13-. The number of unbranched alkanes of at least 4 members (excludes halogenated alkanes) is 3. The van der Waals surface area contributed by atoms with Gasteiger partial charge in [0.25, 0.3) is 11.8 Å². The number of carbonyl (C=O) groups excluding carboxylic acids is 2. The third kappa shape index (κ3) is 6.75. The zero-order chi connectivity index (χ0) is 24.7. The SMILES string of the molecule is CCCCCCOc1c(Br)cc(/C=C2\SC(=S)N(NC(=O)c3cccc(Cl)c3)C2=O)cc1OC. The fourth-order valence-corrected chi connectivity index (χ4v) is 5.12. The van der Waals surface area contributed by atoms with Crippen LogP contribution in [0.4, 0.5) is 0 Å². The minimum Gasteiger partial charge on any atom is -0.493 e. The van der Waals surface area contributed by atoms with Crippen molar-refractivity contribution in [2.45, 2.75) is 32.6 Å². The van der Waals surface area contributed by atoms with Gasteiger partial charge in [0, 0.05) is 10.6 Å². The molecule has 1 aliphatic rings. The van der Waals surface area contributed by atoms with Gasteiger partial charge in [-0.1, -0.05) is 55.6 Å². The molecule has 10 heteroatoms. The van der Waals surface area contributed by atoms with Crippen LogP contribution in [-0.2, 0) is 4.79 Å². The zero-order valence-corrected chi connectivity index (χ0v) is 22.7. The summed E-state index contributed by atoms with van der Waals surface area (Å²) in [7, 11) is 1.57. The van der Waals surface area contributed by atoms with Gasteiger partial charge in [0.05, 0.1) is 23.1 Å². The van der Waals surface area contributed by atoms with Gasteiger partial charge in [0.2, 0.25) is 0 Å². The topological polar surface area (TPSA) is 67.9 Å². The average Bonchev–Trinajstić information content (AvgIpc) is 3.07. The second kappa shape index (κ2) is 12.6. The molecule has 180 valence electrons. The van der Waals surface area contributed by atoms with Crippen molar-refractivity contribution in [3.63, 3.8) is 0 Å². The van der Waals surface area contributed by atoms with Crippen LogP contribution in [-0.4, -0.2) is 34.9 Å². The first-order chi connectivity index (χ1) is 16.3. The number of carbonyl (C=O) groups is 2. The van der Waals surface area contributed by atoms with Crippen LogP contribution in [0, 0.1) is 0 Å². The van der Waals surface area contributed by atoms with Gasteiger partial charge in [-0.3, -0.25) is 15.0 Å². The predicted octanol–water partition coefficient (Wildman–Crippen LogP) is 6.62. The van der Waals surface area contributed by atoms with Crippen molar-refractivity contribution in [3.05, 3.63) is 61.9 Å². The summed E-state index contributed by atoms with van der Waals surface area (Å²) >= 11 is 15.9. The van der Waals surface area contributed by atoms with Crippen LogP contribution in [0.15, 0.2) is 45.8 Å². The Labute approximate surface area is 222 Å². The number of methoxy groups -OCH3 is 1. The molecule has 0 unspecified atom stereocenters. The molecule has 34 heavy (non-hydrogen) atoms.